The van der Waals surface area contributed by atoms with Crippen LogP contribution in [0, 0.1) is 25.5 Å². The first-order chi connectivity index (χ1) is 14.8. The molecule has 0 atom stereocenters. The van der Waals surface area contributed by atoms with Gasteiger partial charge in [-0.15, -0.1) is 0 Å². The number of nitrogens with one attached hydrogen (secondary N) is 1. The number of rotatable bonds is 5. The molecule has 0 aliphatic carbocycles. The smallest absolute Gasteiger partial charge is 0.273 e. The normalized spacial score (nSPS) is 11.0. The number of hydrogen-bond acceptors (Lipinski definition) is 3. The number of halogens is 3. The van der Waals surface area contributed by atoms with Gasteiger partial charge in [0.25, 0.3) is 5.56 Å². The van der Waals surface area contributed by atoms with Crippen molar-refractivity contribution in [2.45, 2.75) is 20.5 Å². The van der Waals surface area contributed by atoms with Crippen molar-refractivity contribution in [2.75, 3.05) is 0 Å². The number of hydrogen-bond donors (Lipinski definition) is 1. The number of nitrogens with zero attached hydrogens (tertiary/aromatic N) is 2. The molecule has 0 radical (unpaired) electrons. The van der Waals surface area contributed by atoms with Crippen LogP contribution >= 0.6 is 15.9 Å². The molecule has 2 aromatic heterocycles. The largest absolute Gasteiger partial charge is 0.487 e. The number of ether oxygens (including phenoxy) is 1. The molecule has 4 aromatic rings. The maximum Gasteiger partial charge on any atom is 0.273 e. The van der Waals surface area contributed by atoms with Crippen LogP contribution in [0.3, 0.4) is 0 Å². The zero-order chi connectivity index (χ0) is 22.1. The maximum absolute atomic E-state index is 13.9. The van der Waals surface area contributed by atoms with Gasteiger partial charge in [-0.2, -0.15) is 0 Å². The molecule has 4 rings (SSSR count). The van der Waals surface area contributed by atoms with Crippen molar-refractivity contribution in [3.63, 3.8) is 0 Å². The fourth-order valence-corrected chi connectivity index (χ4v) is 3.71. The lowest BCUT2D eigenvalue weighted by atomic mass is 10.1. The molecule has 0 aliphatic heterocycles. The molecule has 0 unspecified atom stereocenters. The molecule has 8 heteroatoms. The molecule has 0 amide bonds. The third kappa shape index (κ3) is 4.16. The Morgan fingerprint density at radius 3 is 2.65 bits per heavy atom. The van der Waals surface area contributed by atoms with Crippen LogP contribution in [-0.2, 0) is 6.61 Å². The summed E-state index contributed by atoms with van der Waals surface area (Å²) in [5.74, 6) is -0.380. The highest BCUT2D eigenvalue weighted by molar-refractivity contribution is 9.10. The van der Waals surface area contributed by atoms with Crippen molar-refractivity contribution in [2.24, 2.45) is 0 Å². The van der Waals surface area contributed by atoms with E-state index in [-0.39, 0.29) is 28.0 Å². The number of aromatic amines is 1. The summed E-state index contributed by atoms with van der Waals surface area (Å²) in [6.45, 7) is 3.57. The molecule has 0 bridgehead atoms. The van der Waals surface area contributed by atoms with E-state index < -0.39 is 11.6 Å². The number of aromatic nitrogens is 3. The Bertz CT molecular complexity index is 1320. The molecule has 31 heavy (non-hydrogen) atoms. The summed E-state index contributed by atoms with van der Waals surface area (Å²) >= 11 is 3.32. The monoisotopic (exact) mass is 485 g/mol. The average molecular weight is 486 g/mol. The molecule has 158 valence electrons. The van der Waals surface area contributed by atoms with Gasteiger partial charge in [-0.3, -0.25) is 9.36 Å². The molecule has 0 spiro atoms. The van der Waals surface area contributed by atoms with Gasteiger partial charge in [-0.1, -0.05) is 12.1 Å². The SMILES string of the molecule is Cc1ccc(-c2ncc[nH]2)cc1-n1c(C)cc(OCc2ccc(F)cc2F)c(Br)c1=O. The third-order valence-electron chi connectivity index (χ3n) is 4.92. The molecule has 2 heterocycles. The number of aryl methyl sites for hydroxylation is 2. The second-order valence-electron chi connectivity index (χ2n) is 7.07. The van der Waals surface area contributed by atoms with Crippen molar-refractivity contribution < 1.29 is 13.5 Å². The van der Waals surface area contributed by atoms with Gasteiger partial charge in [-0.05, 0) is 53.5 Å². The predicted molar refractivity (Wildman–Crippen MR) is 117 cm³/mol. The van der Waals surface area contributed by atoms with Crippen molar-refractivity contribution >= 4 is 15.9 Å². The molecule has 0 aliphatic rings. The summed E-state index contributed by atoms with van der Waals surface area (Å²) in [6.07, 6.45) is 3.40. The lowest BCUT2D eigenvalue weighted by molar-refractivity contribution is 0.296. The Morgan fingerprint density at radius 1 is 1.13 bits per heavy atom. The van der Waals surface area contributed by atoms with E-state index in [0.29, 0.717) is 17.2 Å². The quantitative estimate of drug-likeness (QED) is 0.408. The van der Waals surface area contributed by atoms with E-state index in [4.69, 9.17) is 4.74 Å². The van der Waals surface area contributed by atoms with Gasteiger partial charge in [-0.25, -0.2) is 13.8 Å². The minimum absolute atomic E-state index is 0.138. The molecule has 5 nitrogen and oxygen atoms in total. The van der Waals surface area contributed by atoms with Gasteiger partial charge in [0.15, 0.2) is 0 Å². The second kappa shape index (κ2) is 8.47. The highest BCUT2D eigenvalue weighted by atomic mass is 79.9. The van der Waals surface area contributed by atoms with Crippen LogP contribution in [0.25, 0.3) is 17.1 Å². The number of H-pyrrole nitrogens is 1. The predicted octanol–water partition coefficient (Wildman–Crippen LogP) is 5.46. The zero-order valence-corrected chi connectivity index (χ0v) is 18.3. The van der Waals surface area contributed by atoms with Crippen LogP contribution in [0.5, 0.6) is 5.75 Å². The fourth-order valence-electron chi connectivity index (χ4n) is 3.30. The summed E-state index contributed by atoms with van der Waals surface area (Å²) in [7, 11) is 0. The minimum Gasteiger partial charge on any atom is -0.487 e. The molecule has 1 N–H and O–H groups in total. The molecule has 0 saturated heterocycles. The number of imidazole rings is 1. The summed E-state index contributed by atoms with van der Waals surface area (Å²) < 4.78 is 34.5. The average Bonchev–Trinajstić information content (AvgIpc) is 3.27. The lowest BCUT2D eigenvalue weighted by Crippen LogP contribution is -2.23. The number of pyridine rings is 1. The summed E-state index contributed by atoms with van der Waals surface area (Å²) in [5.41, 5.74) is 3.00. The Labute approximate surface area is 185 Å². The van der Waals surface area contributed by atoms with Crippen molar-refractivity contribution in [1.29, 1.82) is 0 Å². The van der Waals surface area contributed by atoms with Crippen LogP contribution < -0.4 is 10.3 Å². The third-order valence-corrected chi connectivity index (χ3v) is 5.65. The van der Waals surface area contributed by atoms with E-state index in [1.807, 2.05) is 25.1 Å². The highest BCUT2D eigenvalue weighted by Gasteiger charge is 2.16. The Morgan fingerprint density at radius 2 is 1.94 bits per heavy atom. The Kier molecular flexibility index (Phi) is 5.73. The first-order valence-electron chi connectivity index (χ1n) is 9.45. The second-order valence-corrected chi connectivity index (χ2v) is 7.86. The topological polar surface area (TPSA) is 59.9 Å². The van der Waals surface area contributed by atoms with E-state index in [0.717, 1.165) is 23.3 Å². The van der Waals surface area contributed by atoms with E-state index >= 15 is 0 Å². The first-order valence-corrected chi connectivity index (χ1v) is 10.2. The van der Waals surface area contributed by atoms with Crippen molar-refractivity contribution in [1.82, 2.24) is 14.5 Å². The fraction of sp³-hybridized carbons (Fsp3) is 0.130. The van der Waals surface area contributed by atoms with Crippen LogP contribution in [0.15, 0.2) is 64.1 Å². The Balaban J connectivity index is 1.71. The van der Waals surface area contributed by atoms with Crippen molar-refractivity contribution in [3.05, 3.63) is 98.1 Å². The molecule has 2 aromatic carbocycles. The van der Waals surface area contributed by atoms with Crippen LogP contribution in [0.4, 0.5) is 8.78 Å². The van der Waals surface area contributed by atoms with Crippen LogP contribution in [0.1, 0.15) is 16.8 Å². The van der Waals surface area contributed by atoms with E-state index in [9.17, 15) is 13.6 Å². The van der Waals surface area contributed by atoms with E-state index in [1.165, 1.54) is 6.07 Å². The highest BCUT2D eigenvalue weighted by Crippen LogP contribution is 2.28. The summed E-state index contributed by atoms with van der Waals surface area (Å²) in [5, 5.41) is 0. The standard InChI is InChI=1S/C23H18BrF2N3O2/c1-13-3-4-15(22-27-7-8-28-22)10-19(13)29-14(2)9-20(21(24)23(29)30)31-12-16-5-6-17(25)11-18(16)26/h3-11H,12H2,1-2H3,(H,27,28). The minimum atomic E-state index is -0.702. The maximum atomic E-state index is 13.9. The molecular weight excluding hydrogens is 468 g/mol. The van der Waals surface area contributed by atoms with Gasteiger partial charge in [0.1, 0.15) is 34.3 Å². The van der Waals surface area contributed by atoms with Gasteiger partial charge < -0.3 is 9.72 Å². The van der Waals surface area contributed by atoms with Gasteiger partial charge >= 0.3 is 0 Å². The van der Waals surface area contributed by atoms with Gasteiger partial charge in [0.05, 0.1) is 5.69 Å². The zero-order valence-electron chi connectivity index (χ0n) is 16.7. The first kappa shape index (κ1) is 21.0. The van der Waals surface area contributed by atoms with E-state index in [1.54, 1.807) is 30.0 Å². The number of benzene rings is 2. The summed E-state index contributed by atoms with van der Waals surface area (Å²) in [6, 6.07) is 10.7. The Hall–Kier alpha value is -3.26. The van der Waals surface area contributed by atoms with Crippen LogP contribution in [0.2, 0.25) is 0 Å². The molecular formula is C23H18BrF2N3O2. The summed E-state index contributed by atoms with van der Waals surface area (Å²) in [4.78, 5) is 20.5. The van der Waals surface area contributed by atoms with Crippen molar-refractivity contribution in [3.8, 4) is 22.8 Å². The van der Waals surface area contributed by atoms with E-state index in [2.05, 4.69) is 25.9 Å². The molecule has 0 fully saturated rings. The van der Waals surface area contributed by atoms with Gasteiger partial charge in [0, 0.05) is 41.3 Å². The lowest BCUT2D eigenvalue weighted by Gasteiger charge is -2.17. The van der Waals surface area contributed by atoms with Gasteiger partial charge in [0.2, 0.25) is 0 Å². The van der Waals surface area contributed by atoms with Crippen LogP contribution in [-0.4, -0.2) is 14.5 Å². The molecule has 0 saturated carbocycles.